The van der Waals surface area contributed by atoms with E-state index in [2.05, 4.69) is 29.4 Å². The second-order valence-electron chi connectivity index (χ2n) is 7.82. The van der Waals surface area contributed by atoms with E-state index in [1.54, 1.807) is 0 Å². The number of primary amides is 1. The number of amides is 1. The lowest BCUT2D eigenvalue weighted by molar-refractivity contribution is -0.122. The summed E-state index contributed by atoms with van der Waals surface area (Å²) in [6.45, 7) is 6.78. The number of nitrogens with two attached hydrogens (primary N) is 1. The molecule has 1 aromatic heterocycles. The van der Waals surface area contributed by atoms with Gasteiger partial charge in [0.1, 0.15) is 0 Å². The van der Waals surface area contributed by atoms with E-state index in [9.17, 15) is 9.59 Å². The van der Waals surface area contributed by atoms with Crippen molar-refractivity contribution in [3.05, 3.63) is 23.0 Å². The van der Waals surface area contributed by atoms with E-state index in [0.717, 1.165) is 55.7 Å². The highest BCUT2D eigenvalue weighted by Gasteiger charge is 2.28. The lowest BCUT2D eigenvalue weighted by Crippen LogP contribution is -2.34. The average Bonchev–Trinajstić information content (AvgIpc) is 2.90. The molecule has 1 aliphatic heterocycles. The molecule has 1 aromatic rings. The van der Waals surface area contributed by atoms with Crippen LogP contribution in [0.4, 0.5) is 0 Å². The van der Waals surface area contributed by atoms with Gasteiger partial charge in [0, 0.05) is 28.9 Å². The van der Waals surface area contributed by atoms with Gasteiger partial charge in [-0.3, -0.25) is 14.5 Å². The van der Waals surface area contributed by atoms with Crippen LogP contribution in [0.2, 0.25) is 0 Å². The lowest BCUT2D eigenvalue weighted by atomic mass is 9.85. The van der Waals surface area contributed by atoms with E-state index in [0.29, 0.717) is 12.6 Å². The summed E-state index contributed by atoms with van der Waals surface area (Å²) in [5.74, 6) is 0.0940. The third kappa shape index (κ3) is 3.97. The predicted octanol–water partition coefficient (Wildman–Crippen LogP) is 2.99. The summed E-state index contributed by atoms with van der Waals surface area (Å²) < 4.78 is 2.32. The van der Waals surface area contributed by atoms with Gasteiger partial charge in [0.25, 0.3) is 0 Å². The number of likely N-dealkylation sites (tertiary alicyclic amines) is 1. The molecule has 2 heterocycles. The maximum atomic E-state index is 12.8. The topological polar surface area (TPSA) is 68.3 Å². The summed E-state index contributed by atoms with van der Waals surface area (Å²) in [5, 5.41) is 0. The van der Waals surface area contributed by atoms with Crippen LogP contribution < -0.4 is 5.73 Å². The standard InChI is InChI=1S/C20H31N3O2/c1-14-12-18(19(24)13-22-10-4-3-5-11-22)15(2)23(14)17-8-6-16(7-9-17)20(21)25/h12,16-17H,3-11,13H2,1-2H3,(H2,21,25). The highest BCUT2D eigenvalue weighted by atomic mass is 16.1. The van der Waals surface area contributed by atoms with E-state index in [4.69, 9.17) is 5.73 Å². The highest BCUT2D eigenvalue weighted by Crippen LogP contribution is 2.35. The van der Waals surface area contributed by atoms with Gasteiger partial charge in [0.2, 0.25) is 5.91 Å². The van der Waals surface area contributed by atoms with Gasteiger partial charge in [-0.25, -0.2) is 0 Å². The number of aryl methyl sites for hydroxylation is 1. The average molecular weight is 345 g/mol. The van der Waals surface area contributed by atoms with Gasteiger partial charge < -0.3 is 10.3 Å². The van der Waals surface area contributed by atoms with E-state index >= 15 is 0 Å². The van der Waals surface area contributed by atoms with Crippen LogP contribution in [-0.4, -0.2) is 40.8 Å². The maximum Gasteiger partial charge on any atom is 0.220 e. The molecule has 0 bridgehead atoms. The van der Waals surface area contributed by atoms with Gasteiger partial charge in [-0.1, -0.05) is 6.42 Å². The fourth-order valence-electron chi connectivity index (χ4n) is 4.65. The number of carbonyl (C=O) groups excluding carboxylic acids is 2. The van der Waals surface area contributed by atoms with Crippen LogP contribution in [0, 0.1) is 19.8 Å². The number of hydrogen-bond acceptors (Lipinski definition) is 3. The molecule has 1 amide bonds. The van der Waals surface area contributed by atoms with Gasteiger partial charge >= 0.3 is 0 Å². The number of hydrogen-bond donors (Lipinski definition) is 1. The number of rotatable bonds is 5. The molecule has 2 fully saturated rings. The number of carbonyl (C=O) groups is 2. The quantitative estimate of drug-likeness (QED) is 0.834. The highest BCUT2D eigenvalue weighted by molar-refractivity contribution is 5.99. The van der Waals surface area contributed by atoms with Crippen molar-refractivity contribution in [3.8, 4) is 0 Å². The Morgan fingerprint density at radius 3 is 2.32 bits per heavy atom. The van der Waals surface area contributed by atoms with Crippen LogP contribution in [0.3, 0.4) is 0 Å². The van der Waals surface area contributed by atoms with Gasteiger partial charge in [-0.15, -0.1) is 0 Å². The van der Waals surface area contributed by atoms with E-state index in [1.807, 2.05) is 0 Å². The van der Waals surface area contributed by atoms with Crippen LogP contribution in [0.5, 0.6) is 0 Å². The first-order valence-corrected chi connectivity index (χ1v) is 9.70. The van der Waals surface area contributed by atoms with Gasteiger partial charge in [0.15, 0.2) is 5.78 Å². The minimum absolute atomic E-state index is 0.0210. The Labute approximate surface area is 150 Å². The number of aromatic nitrogens is 1. The number of ketones is 1. The molecular weight excluding hydrogens is 314 g/mol. The molecule has 5 nitrogen and oxygen atoms in total. The number of Topliss-reactive ketones (excluding diaryl/α,β-unsaturated/α-hetero) is 1. The second-order valence-corrected chi connectivity index (χ2v) is 7.82. The molecule has 25 heavy (non-hydrogen) atoms. The summed E-state index contributed by atoms with van der Waals surface area (Å²) in [5.41, 5.74) is 8.56. The molecule has 0 spiro atoms. The third-order valence-corrected chi connectivity index (χ3v) is 6.06. The van der Waals surface area contributed by atoms with E-state index < -0.39 is 0 Å². The van der Waals surface area contributed by atoms with Crippen LogP contribution in [0.1, 0.15) is 72.7 Å². The number of nitrogens with zero attached hydrogens (tertiary/aromatic N) is 2. The monoisotopic (exact) mass is 345 g/mol. The van der Waals surface area contributed by atoms with Crippen molar-refractivity contribution >= 4 is 11.7 Å². The van der Waals surface area contributed by atoms with Crippen molar-refractivity contribution < 1.29 is 9.59 Å². The fourth-order valence-corrected chi connectivity index (χ4v) is 4.65. The van der Waals surface area contributed by atoms with Gasteiger partial charge in [-0.2, -0.15) is 0 Å². The summed E-state index contributed by atoms with van der Waals surface area (Å²) in [6, 6.07) is 2.44. The minimum atomic E-state index is -0.170. The lowest BCUT2D eigenvalue weighted by Gasteiger charge is -2.30. The zero-order valence-corrected chi connectivity index (χ0v) is 15.6. The Hall–Kier alpha value is -1.62. The molecule has 3 rings (SSSR count). The van der Waals surface area contributed by atoms with Crippen molar-refractivity contribution in [3.63, 3.8) is 0 Å². The van der Waals surface area contributed by atoms with Crippen LogP contribution in [0.15, 0.2) is 6.07 Å². The van der Waals surface area contributed by atoms with Crippen molar-refractivity contribution in [1.29, 1.82) is 0 Å². The first kappa shape index (κ1) is 18.2. The molecule has 0 aromatic carbocycles. The predicted molar refractivity (Wildman–Crippen MR) is 98.7 cm³/mol. The van der Waals surface area contributed by atoms with Gasteiger partial charge in [-0.05, 0) is 71.5 Å². The molecule has 1 saturated heterocycles. The van der Waals surface area contributed by atoms with E-state index in [1.165, 1.54) is 19.3 Å². The Kier molecular flexibility index (Phi) is 5.62. The molecule has 0 unspecified atom stereocenters. The van der Waals surface area contributed by atoms with Crippen molar-refractivity contribution in [2.24, 2.45) is 11.7 Å². The Balaban J connectivity index is 1.70. The second kappa shape index (κ2) is 7.73. The molecule has 1 saturated carbocycles. The smallest absolute Gasteiger partial charge is 0.220 e. The van der Waals surface area contributed by atoms with Crippen molar-refractivity contribution in [1.82, 2.24) is 9.47 Å². The zero-order valence-electron chi connectivity index (χ0n) is 15.6. The first-order valence-electron chi connectivity index (χ1n) is 9.70. The van der Waals surface area contributed by atoms with Crippen LogP contribution in [-0.2, 0) is 4.79 Å². The number of piperidine rings is 1. The molecule has 2 N–H and O–H groups in total. The SMILES string of the molecule is Cc1cc(C(=O)CN2CCCCC2)c(C)n1C1CCC(C(N)=O)CC1. The van der Waals surface area contributed by atoms with Crippen molar-refractivity contribution in [2.45, 2.75) is 64.8 Å². The maximum absolute atomic E-state index is 12.8. The Bertz CT molecular complexity index is 636. The summed E-state index contributed by atoms with van der Waals surface area (Å²) in [4.78, 5) is 26.5. The van der Waals surface area contributed by atoms with Crippen LogP contribution >= 0.6 is 0 Å². The van der Waals surface area contributed by atoms with Crippen LogP contribution in [0.25, 0.3) is 0 Å². The third-order valence-electron chi connectivity index (χ3n) is 6.06. The zero-order chi connectivity index (χ0) is 18.0. The Morgan fingerprint density at radius 1 is 1.08 bits per heavy atom. The first-order chi connectivity index (χ1) is 12.0. The molecule has 0 radical (unpaired) electrons. The molecule has 2 aliphatic rings. The van der Waals surface area contributed by atoms with E-state index in [-0.39, 0.29) is 17.6 Å². The molecular formula is C20H31N3O2. The molecule has 1 aliphatic carbocycles. The summed E-state index contributed by atoms with van der Waals surface area (Å²) in [6.07, 6.45) is 7.33. The molecule has 5 heteroatoms. The molecule has 0 atom stereocenters. The van der Waals surface area contributed by atoms with Gasteiger partial charge in [0.05, 0.1) is 6.54 Å². The minimum Gasteiger partial charge on any atom is -0.369 e. The van der Waals surface area contributed by atoms with Crippen molar-refractivity contribution in [2.75, 3.05) is 19.6 Å². The normalized spacial score (nSPS) is 25.0. The fraction of sp³-hybridized carbons (Fsp3) is 0.700. The molecule has 138 valence electrons. The Morgan fingerprint density at radius 2 is 1.72 bits per heavy atom. The largest absolute Gasteiger partial charge is 0.369 e. The summed E-state index contributed by atoms with van der Waals surface area (Å²) in [7, 11) is 0. The summed E-state index contributed by atoms with van der Waals surface area (Å²) >= 11 is 0.